The number of aliphatic imine (C=N–C) groups is 1. The molecule has 3 rings (SSSR count). The van der Waals surface area contributed by atoms with Gasteiger partial charge in [0.2, 0.25) is 0 Å². The van der Waals surface area contributed by atoms with Gasteiger partial charge < -0.3 is 5.32 Å². The number of amidine groups is 1. The second kappa shape index (κ2) is 5.25. The van der Waals surface area contributed by atoms with Gasteiger partial charge in [0.15, 0.2) is 5.17 Å². The Kier molecular flexibility index (Phi) is 3.66. The smallest absolute Gasteiger partial charge is 0.157 e. The van der Waals surface area contributed by atoms with E-state index in [1.54, 1.807) is 0 Å². The standard InChI is InChI=1S/C14H20N2S2/c1-11(9-12-5-4-8-17-12)15-13-16-14(10-18-13)6-2-3-7-14/h4-5,8,11H,2-3,6-7,9-10H2,1H3,(H,15,16). The third kappa shape index (κ3) is 2.75. The van der Waals surface area contributed by atoms with Crippen molar-refractivity contribution in [3.05, 3.63) is 22.4 Å². The van der Waals surface area contributed by atoms with Gasteiger partial charge in [0.1, 0.15) is 0 Å². The summed E-state index contributed by atoms with van der Waals surface area (Å²) < 4.78 is 0. The summed E-state index contributed by atoms with van der Waals surface area (Å²) in [5.74, 6) is 1.22. The average Bonchev–Trinajstić information content (AvgIpc) is 3.04. The van der Waals surface area contributed by atoms with Gasteiger partial charge in [-0.15, -0.1) is 11.3 Å². The molecule has 1 aromatic rings. The molecule has 2 aliphatic rings. The minimum absolute atomic E-state index is 0.384. The molecule has 1 saturated carbocycles. The first-order valence-corrected chi connectivity index (χ1v) is 8.63. The number of nitrogens with one attached hydrogen (secondary N) is 1. The Balaban J connectivity index is 1.59. The fourth-order valence-electron chi connectivity index (χ4n) is 2.86. The number of hydrogen-bond donors (Lipinski definition) is 1. The molecule has 1 aliphatic carbocycles. The van der Waals surface area contributed by atoms with Crippen molar-refractivity contribution in [3.63, 3.8) is 0 Å². The molecule has 1 atom stereocenters. The largest absolute Gasteiger partial charge is 0.359 e. The molecule has 0 aromatic carbocycles. The van der Waals surface area contributed by atoms with E-state index in [1.165, 1.54) is 41.5 Å². The second-order valence-electron chi connectivity index (χ2n) is 5.47. The lowest BCUT2D eigenvalue weighted by Crippen LogP contribution is -2.40. The van der Waals surface area contributed by atoms with Crippen LogP contribution in [0.4, 0.5) is 0 Å². The fraction of sp³-hybridized carbons (Fsp3) is 0.643. The molecule has 0 radical (unpaired) electrons. The predicted octanol–water partition coefficient (Wildman–Crippen LogP) is 3.68. The van der Waals surface area contributed by atoms with Gasteiger partial charge in [-0.25, -0.2) is 0 Å². The van der Waals surface area contributed by atoms with Crippen molar-refractivity contribution in [2.75, 3.05) is 5.75 Å². The van der Waals surface area contributed by atoms with Crippen molar-refractivity contribution in [1.29, 1.82) is 0 Å². The van der Waals surface area contributed by atoms with E-state index < -0.39 is 0 Å². The lowest BCUT2D eigenvalue weighted by molar-refractivity contribution is 0.452. The van der Waals surface area contributed by atoms with Crippen LogP contribution in [0, 0.1) is 0 Å². The zero-order valence-electron chi connectivity index (χ0n) is 10.8. The van der Waals surface area contributed by atoms with Gasteiger partial charge in [0.25, 0.3) is 0 Å². The normalized spacial score (nSPS) is 25.7. The van der Waals surface area contributed by atoms with E-state index >= 15 is 0 Å². The van der Waals surface area contributed by atoms with Gasteiger partial charge in [0.05, 0.1) is 6.04 Å². The predicted molar refractivity (Wildman–Crippen MR) is 81.7 cm³/mol. The average molecular weight is 280 g/mol. The minimum atomic E-state index is 0.384. The van der Waals surface area contributed by atoms with Gasteiger partial charge in [-0.05, 0) is 31.2 Å². The highest BCUT2D eigenvalue weighted by atomic mass is 32.2. The molecule has 18 heavy (non-hydrogen) atoms. The van der Waals surface area contributed by atoms with Gasteiger partial charge in [0, 0.05) is 22.6 Å². The molecule has 0 amide bonds. The number of rotatable bonds is 3. The van der Waals surface area contributed by atoms with Gasteiger partial charge in [-0.1, -0.05) is 30.7 Å². The van der Waals surface area contributed by atoms with Gasteiger partial charge in [-0.2, -0.15) is 0 Å². The van der Waals surface area contributed by atoms with Gasteiger partial charge >= 0.3 is 0 Å². The third-order valence-corrected chi connectivity index (χ3v) is 5.91. The molecule has 1 unspecified atom stereocenters. The maximum Gasteiger partial charge on any atom is 0.157 e. The van der Waals surface area contributed by atoms with Crippen LogP contribution in [0.15, 0.2) is 22.5 Å². The summed E-state index contributed by atoms with van der Waals surface area (Å²) in [6.07, 6.45) is 6.49. The fourth-order valence-corrected chi connectivity index (χ4v) is 5.01. The Bertz CT molecular complexity index is 419. The van der Waals surface area contributed by atoms with Crippen molar-refractivity contribution >= 4 is 28.3 Å². The summed E-state index contributed by atoms with van der Waals surface area (Å²) in [7, 11) is 0. The van der Waals surface area contributed by atoms with E-state index in [-0.39, 0.29) is 0 Å². The Morgan fingerprint density at radius 2 is 2.28 bits per heavy atom. The SMILES string of the molecule is CC(Cc1cccs1)N=C1NC2(CCCC2)CS1. The molecule has 2 nitrogen and oxygen atoms in total. The zero-order chi connectivity index (χ0) is 12.4. The molecule has 2 fully saturated rings. The van der Waals surface area contributed by atoms with Crippen LogP contribution in [0.1, 0.15) is 37.5 Å². The summed E-state index contributed by atoms with van der Waals surface area (Å²) in [5.41, 5.74) is 0.395. The van der Waals surface area contributed by atoms with Crippen LogP contribution in [0.3, 0.4) is 0 Å². The maximum atomic E-state index is 4.84. The van der Waals surface area contributed by atoms with Crippen molar-refractivity contribution in [2.45, 2.75) is 50.6 Å². The topological polar surface area (TPSA) is 24.4 Å². The molecule has 1 spiro atoms. The summed E-state index contributed by atoms with van der Waals surface area (Å²) in [6, 6.07) is 4.71. The Morgan fingerprint density at radius 1 is 1.44 bits per heavy atom. The molecular formula is C14H20N2S2. The number of thioether (sulfide) groups is 1. The molecule has 4 heteroatoms. The maximum absolute atomic E-state index is 4.84. The van der Waals surface area contributed by atoms with Gasteiger partial charge in [-0.3, -0.25) is 4.99 Å². The molecule has 0 bridgehead atoms. The van der Waals surface area contributed by atoms with Crippen LogP contribution in [-0.4, -0.2) is 22.5 Å². The van der Waals surface area contributed by atoms with E-state index in [0.29, 0.717) is 11.6 Å². The lowest BCUT2D eigenvalue weighted by Gasteiger charge is -2.22. The Hall–Kier alpha value is -0.480. The summed E-state index contributed by atoms with van der Waals surface area (Å²) >= 11 is 3.75. The molecule has 1 aliphatic heterocycles. The highest BCUT2D eigenvalue weighted by Crippen LogP contribution is 2.37. The summed E-state index contributed by atoms with van der Waals surface area (Å²) in [6.45, 7) is 2.22. The van der Waals surface area contributed by atoms with Crippen LogP contribution in [-0.2, 0) is 6.42 Å². The van der Waals surface area contributed by atoms with E-state index in [0.717, 1.165) is 6.42 Å². The highest BCUT2D eigenvalue weighted by Gasteiger charge is 2.39. The summed E-state index contributed by atoms with van der Waals surface area (Å²) in [4.78, 5) is 6.28. The molecular weight excluding hydrogens is 260 g/mol. The number of nitrogens with zero attached hydrogens (tertiary/aromatic N) is 1. The first kappa shape index (κ1) is 12.5. The van der Waals surface area contributed by atoms with Crippen LogP contribution >= 0.6 is 23.1 Å². The van der Waals surface area contributed by atoms with Crippen LogP contribution in [0.5, 0.6) is 0 Å². The van der Waals surface area contributed by atoms with Crippen molar-refractivity contribution in [3.8, 4) is 0 Å². The first-order valence-electron chi connectivity index (χ1n) is 6.77. The first-order chi connectivity index (χ1) is 8.76. The van der Waals surface area contributed by atoms with Crippen molar-refractivity contribution in [1.82, 2.24) is 5.32 Å². The molecule has 98 valence electrons. The third-order valence-electron chi connectivity index (χ3n) is 3.83. The van der Waals surface area contributed by atoms with Crippen LogP contribution in [0.25, 0.3) is 0 Å². The number of hydrogen-bond acceptors (Lipinski definition) is 3. The lowest BCUT2D eigenvalue weighted by atomic mass is 10.0. The molecule has 1 aromatic heterocycles. The summed E-state index contributed by atoms with van der Waals surface area (Å²) in [5, 5.41) is 7.02. The highest BCUT2D eigenvalue weighted by molar-refractivity contribution is 8.14. The zero-order valence-corrected chi connectivity index (χ0v) is 12.4. The molecule has 1 saturated heterocycles. The monoisotopic (exact) mass is 280 g/mol. The van der Waals surface area contributed by atoms with E-state index in [4.69, 9.17) is 4.99 Å². The van der Waals surface area contributed by atoms with Crippen molar-refractivity contribution in [2.24, 2.45) is 4.99 Å². The van der Waals surface area contributed by atoms with E-state index in [2.05, 4.69) is 29.8 Å². The van der Waals surface area contributed by atoms with Crippen LogP contribution in [0.2, 0.25) is 0 Å². The molecule has 1 N–H and O–H groups in total. The van der Waals surface area contributed by atoms with E-state index in [9.17, 15) is 0 Å². The quantitative estimate of drug-likeness (QED) is 0.913. The van der Waals surface area contributed by atoms with E-state index in [1.807, 2.05) is 23.1 Å². The Morgan fingerprint density at radius 3 is 3.00 bits per heavy atom. The van der Waals surface area contributed by atoms with Crippen molar-refractivity contribution < 1.29 is 0 Å². The number of thiophene rings is 1. The Labute approximate surface area is 117 Å². The molecule has 2 heterocycles. The minimum Gasteiger partial charge on any atom is -0.359 e. The second-order valence-corrected chi connectivity index (χ2v) is 7.46. The van der Waals surface area contributed by atoms with Crippen LogP contribution < -0.4 is 5.32 Å².